The van der Waals surface area contributed by atoms with Crippen molar-refractivity contribution in [2.75, 3.05) is 13.7 Å². The number of rotatable bonds is 3. The molecule has 6 heteroatoms. The number of carbonyl (C=O) groups excluding carboxylic acids is 2. The van der Waals surface area contributed by atoms with Crippen LogP contribution in [0, 0.1) is 17.7 Å². The molecule has 0 saturated carbocycles. The summed E-state index contributed by atoms with van der Waals surface area (Å²) >= 11 is 0. The normalized spacial score (nSPS) is 11.0. The molecule has 0 bridgehead atoms. The van der Waals surface area contributed by atoms with Gasteiger partial charge in [-0.05, 0) is 25.1 Å². The van der Waals surface area contributed by atoms with Gasteiger partial charge < -0.3 is 15.7 Å². The van der Waals surface area contributed by atoms with Gasteiger partial charge in [-0.25, -0.2) is 4.39 Å². The maximum atomic E-state index is 13.8. The standard InChI is InChI=1S/C14H15FN2O3/c1-9(13(19)16-2)17-14(20)11-6-5-10(4-3-7-18)8-12(11)15/h5-6,8-9,18H,7H2,1-2H3,(H,16,19)(H,17,20). The van der Waals surface area contributed by atoms with E-state index < -0.39 is 17.8 Å². The van der Waals surface area contributed by atoms with Crippen LogP contribution in [0.5, 0.6) is 0 Å². The fourth-order valence-corrected chi connectivity index (χ4v) is 1.48. The van der Waals surface area contributed by atoms with E-state index in [0.29, 0.717) is 5.56 Å². The number of aliphatic hydroxyl groups excluding tert-OH is 1. The monoisotopic (exact) mass is 278 g/mol. The van der Waals surface area contributed by atoms with Crippen LogP contribution in [0.2, 0.25) is 0 Å². The number of hydrogen-bond acceptors (Lipinski definition) is 3. The summed E-state index contributed by atoms with van der Waals surface area (Å²) in [6.07, 6.45) is 0. The molecular weight excluding hydrogens is 263 g/mol. The Balaban J connectivity index is 2.86. The number of halogens is 1. The summed E-state index contributed by atoms with van der Waals surface area (Å²) < 4.78 is 13.8. The van der Waals surface area contributed by atoms with Gasteiger partial charge in [-0.2, -0.15) is 0 Å². The van der Waals surface area contributed by atoms with E-state index in [1.165, 1.54) is 26.1 Å². The summed E-state index contributed by atoms with van der Waals surface area (Å²) in [5.41, 5.74) is 0.183. The number of carbonyl (C=O) groups is 2. The van der Waals surface area contributed by atoms with Gasteiger partial charge >= 0.3 is 0 Å². The van der Waals surface area contributed by atoms with Gasteiger partial charge in [0.1, 0.15) is 18.5 Å². The number of hydrogen-bond donors (Lipinski definition) is 3. The molecule has 0 aromatic heterocycles. The van der Waals surface area contributed by atoms with Crippen molar-refractivity contribution >= 4 is 11.8 Å². The van der Waals surface area contributed by atoms with E-state index in [1.807, 2.05) is 0 Å². The predicted molar refractivity (Wildman–Crippen MR) is 71.4 cm³/mol. The highest BCUT2D eigenvalue weighted by atomic mass is 19.1. The molecule has 1 aromatic rings. The number of aliphatic hydroxyl groups is 1. The molecule has 0 aliphatic heterocycles. The molecule has 5 nitrogen and oxygen atoms in total. The first-order chi connectivity index (χ1) is 9.49. The third kappa shape index (κ3) is 4.07. The zero-order valence-electron chi connectivity index (χ0n) is 11.2. The summed E-state index contributed by atoms with van der Waals surface area (Å²) in [7, 11) is 1.44. The summed E-state index contributed by atoms with van der Waals surface area (Å²) in [6.45, 7) is 1.17. The molecule has 1 unspecified atom stereocenters. The van der Waals surface area contributed by atoms with E-state index in [9.17, 15) is 14.0 Å². The Bertz CT molecular complexity index is 576. The molecule has 0 fully saturated rings. The second kappa shape index (κ2) is 7.26. The first kappa shape index (κ1) is 15.7. The van der Waals surface area contributed by atoms with Crippen LogP contribution in [0.4, 0.5) is 4.39 Å². The number of benzene rings is 1. The molecule has 0 saturated heterocycles. The predicted octanol–water partition coefficient (Wildman–Crippen LogP) is 0.0338. The van der Waals surface area contributed by atoms with Crippen LogP contribution < -0.4 is 10.6 Å². The highest BCUT2D eigenvalue weighted by molar-refractivity contribution is 5.97. The minimum absolute atomic E-state index is 0.171. The van der Waals surface area contributed by atoms with Crippen LogP contribution in [-0.2, 0) is 4.79 Å². The van der Waals surface area contributed by atoms with Crippen molar-refractivity contribution in [3.63, 3.8) is 0 Å². The SMILES string of the molecule is CNC(=O)C(C)NC(=O)c1ccc(C#CCO)cc1F. The molecule has 0 heterocycles. The lowest BCUT2D eigenvalue weighted by Gasteiger charge is -2.12. The van der Waals surface area contributed by atoms with Gasteiger partial charge in [-0.1, -0.05) is 11.8 Å². The quantitative estimate of drug-likeness (QED) is 0.683. The summed E-state index contributed by atoms with van der Waals surface area (Å²) in [5, 5.41) is 13.3. The molecule has 106 valence electrons. The largest absolute Gasteiger partial charge is 0.384 e. The molecule has 0 radical (unpaired) electrons. The lowest BCUT2D eigenvalue weighted by molar-refractivity contribution is -0.122. The number of nitrogens with one attached hydrogen (secondary N) is 2. The van der Waals surface area contributed by atoms with Gasteiger partial charge in [0.2, 0.25) is 5.91 Å². The van der Waals surface area contributed by atoms with Crippen molar-refractivity contribution in [2.24, 2.45) is 0 Å². The molecular formula is C14H15FN2O3. The van der Waals surface area contributed by atoms with Gasteiger partial charge in [-0.3, -0.25) is 9.59 Å². The van der Waals surface area contributed by atoms with Crippen LogP contribution in [0.15, 0.2) is 18.2 Å². The summed E-state index contributed by atoms with van der Waals surface area (Å²) in [6, 6.07) is 3.08. The molecule has 0 spiro atoms. The first-order valence-electron chi connectivity index (χ1n) is 5.91. The van der Waals surface area contributed by atoms with E-state index in [0.717, 1.165) is 6.07 Å². The Morgan fingerprint density at radius 2 is 2.15 bits per heavy atom. The Labute approximate surface area is 116 Å². The van der Waals surface area contributed by atoms with E-state index in [2.05, 4.69) is 22.5 Å². The molecule has 20 heavy (non-hydrogen) atoms. The van der Waals surface area contributed by atoms with Crippen LogP contribution in [0.1, 0.15) is 22.8 Å². The fraction of sp³-hybridized carbons (Fsp3) is 0.286. The van der Waals surface area contributed by atoms with Crippen molar-refractivity contribution in [1.29, 1.82) is 0 Å². The lowest BCUT2D eigenvalue weighted by Crippen LogP contribution is -2.43. The molecule has 1 atom stereocenters. The van der Waals surface area contributed by atoms with E-state index in [-0.39, 0.29) is 18.1 Å². The zero-order chi connectivity index (χ0) is 15.1. The average Bonchev–Trinajstić information content (AvgIpc) is 2.43. The van der Waals surface area contributed by atoms with Crippen molar-refractivity contribution < 1.29 is 19.1 Å². The summed E-state index contributed by atoms with van der Waals surface area (Å²) in [5.74, 6) is 3.12. The number of likely N-dealkylation sites (N-methyl/N-ethyl adjacent to an activating group) is 1. The zero-order valence-corrected chi connectivity index (χ0v) is 11.2. The van der Waals surface area contributed by atoms with Crippen molar-refractivity contribution in [3.8, 4) is 11.8 Å². The Kier molecular flexibility index (Phi) is 5.69. The highest BCUT2D eigenvalue weighted by Gasteiger charge is 2.17. The molecule has 0 aliphatic rings. The smallest absolute Gasteiger partial charge is 0.254 e. The van der Waals surface area contributed by atoms with Gasteiger partial charge in [0.15, 0.2) is 0 Å². The average molecular weight is 278 g/mol. The first-order valence-corrected chi connectivity index (χ1v) is 5.91. The van der Waals surface area contributed by atoms with E-state index in [1.54, 1.807) is 0 Å². The van der Waals surface area contributed by atoms with E-state index in [4.69, 9.17) is 5.11 Å². The van der Waals surface area contributed by atoms with Crippen molar-refractivity contribution in [2.45, 2.75) is 13.0 Å². The molecule has 2 amide bonds. The number of amides is 2. The van der Waals surface area contributed by atoms with Gasteiger partial charge in [-0.15, -0.1) is 0 Å². The third-order valence-corrected chi connectivity index (χ3v) is 2.51. The maximum absolute atomic E-state index is 13.8. The van der Waals surface area contributed by atoms with Gasteiger partial charge in [0.25, 0.3) is 5.91 Å². The second-order valence-corrected chi connectivity index (χ2v) is 3.96. The van der Waals surface area contributed by atoms with Crippen molar-refractivity contribution in [3.05, 3.63) is 35.1 Å². The van der Waals surface area contributed by atoms with Gasteiger partial charge in [0.05, 0.1) is 5.56 Å². The summed E-state index contributed by atoms with van der Waals surface area (Å²) in [4.78, 5) is 23.1. The van der Waals surface area contributed by atoms with Crippen LogP contribution in [-0.4, -0.2) is 36.6 Å². The maximum Gasteiger partial charge on any atom is 0.254 e. The second-order valence-electron chi connectivity index (χ2n) is 3.96. The van der Waals surface area contributed by atoms with Crippen LogP contribution in [0.25, 0.3) is 0 Å². The minimum atomic E-state index is -0.763. The topological polar surface area (TPSA) is 78.4 Å². The lowest BCUT2D eigenvalue weighted by atomic mass is 10.1. The molecule has 0 aliphatic carbocycles. The van der Waals surface area contributed by atoms with Crippen molar-refractivity contribution in [1.82, 2.24) is 10.6 Å². The minimum Gasteiger partial charge on any atom is -0.384 e. The van der Waals surface area contributed by atoms with Gasteiger partial charge in [0, 0.05) is 12.6 Å². The Hall–Kier alpha value is -2.39. The molecule has 1 rings (SSSR count). The Morgan fingerprint density at radius 1 is 1.45 bits per heavy atom. The van der Waals surface area contributed by atoms with Crippen LogP contribution >= 0.6 is 0 Å². The van der Waals surface area contributed by atoms with Crippen LogP contribution in [0.3, 0.4) is 0 Å². The third-order valence-electron chi connectivity index (χ3n) is 2.51. The fourth-order valence-electron chi connectivity index (χ4n) is 1.48. The Morgan fingerprint density at radius 3 is 2.70 bits per heavy atom. The highest BCUT2D eigenvalue weighted by Crippen LogP contribution is 2.10. The molecule has 1 aromatic carbocycles. The van der Waals surface area contributed by atoms with E-state index >= 15 is 0 Å². The molecule has 3 N–H and O–H groups in total.